The first-order valence-corrected chi connectivity index (χ1v) is 7.91. The zero-order valence-corrected chi connectivity index (χ0v) is 14.0. The lowest BCUT2D eigenvalue weighted by Crippen LogP contribution is -2.44. The lowest BCUT2D eigenvalue weighted by Gasteiger charge is -2.35. The van der Waals surface area contributed by atoms with Crippen LogP contribution >= 0.6 is 0 Å². The number of Topliss-reactive ketones (excluding diaryl/α,β-unsaturated/α-hetero) is 2. The third-order valence-electron chi connectivity index (χ3n) is 4.83. The smallest absolute Gasteiger partial charge is 0.309 e. The maximum absolute atomic E-state index is 13.2. The molecule has 0 radical (unpaired) electrons. The molecule has 4 rings (SSSR count). The maximum Gasteiger partial charge on any atom is 0.309 e. The molecule has 1 saturated heterocycles. The largest absolute Gasteiger partial charge is 0.493 e. The monoisotopic (exact) mass is 344 g/mol. The molecule has 0 bridgehead atoms. The van der Waals surface area contributed by atoms with Crippen LogP contribution in [0.5, 0.6) is 11.5 Å². The Morgan fingerprint density at radius 3 is 2.48 bits per heavy atom. The van der Waals surface area contributed by atoms with Crippen molar-refractivity contribution >= 4 is 17.5 Å². The number of hydrogen-bond acceptors (Lipinski definition) is 7. The Balaban J connectivity index is 1.94. The topological polar surface area (TPSA) is 88.1 Å². The Kier molecular flexibility index (Phi) is 3.43. The van der Waals surface area contributed by atoms with Crippen molar-refractivity contribution in [1.82, 2.24) is 0 Å². The second kappa shape index (κ2) is 5.42. The van der Waals surface area contributed by atoms with Gasteiger partial charge < -0.3 is 18.9 Å². The predicted octanol–water partition coefficient (Wildman–Crippen LogP) is 1.48. The van der Waals surface area contributed by atoms with E-state index in [1.807, 2.05) is 0 Å². The van der Waals surface area contributed by atoms with Gasteiger partial charge in [-0.2, -0.15) is 0 Å². The van der Waals surface area contributed by atoms with Gasteiger partial charge in [-0.15, -0.1) is 0 Å². The molecule has 0 amide bonds. The number of hydrogen-bond donors (Lipinski definition) is 0. The Morgan fingerprint density at radius 1 is 1.04 bits per heavy atom. The Hall–Kier alpha value is -2.67. The fourth-order valence-corrected chi connectivity index (χ4v) is 3.78. The summed E-state index contributed by atoms with van der Waals surface area (Å²) in [6.07, 6.45) is -1.92. The Morgan fingerprint density at radius 2 is 1.80 bits per heavy atom. The first-order chi connectivity index (χ1) is 12.0. The number of rotatable bonds is 2. The lowest BCUT2D eigenvalue weighted by molar-refractivity contribution is -0.140. The molecule has 0 aromatic heterocycles. The van der Waals surface area contributed by atoms with Crippen molar-refractivity contribution in [1.29, 1.82) is 0 Å². The third kappa shape index (κ3) is 2.05. The number of esters is 1. The van der Waals surface area contributed by atoms with Crippen LogP contribution in [0.2, 0.25) is 0 Å². The number of benzene rings is 1. The highest BCUT2D eigenvalue weighted by atomic mass is 16.6. The lowest BCUT2D eigenvalue weighted by atomic mass is 9.77. The fraction of sp³-hybridized carbons (Fsp3) is 0.389. The molecular formula is C18H16O7. The molecule has 1 aromatic carbocycles. The minimum absolute atomic E-state index is 0.0754. The Labute approximate surface area is 143 Å². The quantitative estimate of drug-likeness (QED) is 0.751. The molecule has 0 N–H and O–H groups in total. The standard InChI is InChI=1S/C18H16O7/c1-7-12-14(18-10(24-7)6-11(19)25-18)15(20)8-4-5-9(22-2)17(23-3)13(8)16(12)21/h4-5,7,10,18H,6H2,1-3H3/t7-,10-,18+/m0/s1. The number of carbonyl (C=O) groups is 3. The van der Waals surface area contributed by atoms with Crippen LogP contribution < -0.4 is 9.47 Å². The van der Waals surface area contributed by atoms with Crippen molar-refractivity contribution in [2.24, 2.45) is 0 Å². The molecule has 7 nitrogen and oxygen atoms in total. The summed E-state index contributed by atoms with van der Waals surface area (Å²) in [6, 6.07) is 3.11. The van der Waals surface area contributed by atoms with E-state index in [1.165, 1.54) is 20.3 Å². The first-order valence-electron chi connectivity index (χ1n) is 7.91. The van der Waals surface area contributed by atoms with Crippen molar-refractivity contribution in [3.63, 3.8) is 0 Å². The van der Waals surface area contributed by atoms with Crippen molar-refractivity contribution in [2.45, 2.75) is 31.7 Å². The molecule has 3 atom stereocenters. The molecule has 3 aliphatic rings. The zero-order chi connectivity index (χ0) is 17.9. The number of fused-ring (bicyclic) bond motifs is 3. The summed E-state index contributed by atoms with van der Waals surface area (Å²) in [5.41, 5.74) is 0.820. The van der Waals surface area contributed by atoms with Crippen LogP contribution in [0.3, 0.4) is 0 Å². The van der Waals surface area contributed by atoms with Gasteiger partial charge in [0.15, 0.2) is 29.2 Å². The van der Waals surface area contributed by atoms with E-state index in [0.717, 1.165) is 0 Å². The van der Waals surface area contributed by atoms with Crippen molar-refractivity contribution in [3.05, 3.63) is 34.4 Å². The summed E-state index contributed by atoms with van der Waals surface area (Å²) in [6.45, 7) is 1.69. The van der Waals surface area contributed by atoms with Gasteiger partial charge in [0.2, 0.25) is 0 Å². The summed E-state index contributed by atoms with van der Waals surface area (Å²) in [7, 11) is 2.87. The summed E-state index contributed by atoms with van der Waals surface area (Å²) in [5, 5.41) is 0. The van der Waals surface area contributed by atoms with E-state index in [1.54, 1.807) is 13.0 Å². The zero-order valence-electron chi connectivity index (χ0n) is 14.0. The van der Waals surface area contributed by atoms with Crippen LogP contribution in [-0.4, -0.2) is 50.1 Å². The van der Waals surface area contributed by atoms with E-state index in [2.05, 4.69) is 0 Å². The van der Waals surface area contributed by atoms with Crippen LogP contribution in [0.1, 0.15) is 34.1 Å². The average Bonchev–Trinajstić information content (AvgIpc) is 2.96. The minimum atomic E-state index is -0.837. The molecule has 0 unspecified atom stereocenters. The van der Waals surface area contributed by atoms with Gasteiger partial charge in [0, 0.05) is 11.1 Å². The van der Waals surface area contributed by atoms with Crippen LogP contribution in [0, 0.1) is 0 Å². The second-order valence-electron chi connectivity index (χ2n) is 6.14. The normalized spacial score (nSPS) is 27.5. The van der Waals surface area contributed by atoms with E-state index in [9.17, 15) is 14.4 Å². The molecule has 2 aliphatic heterocycles. The van der Waals surface area contributed by atoms with E-state index in [-0.39, 0.29) is 46.0 Å². The van der Waals surface area contributed by atoms with E-state index in [4.69, 9.17) is 18.9 Å². The van der Waals surface area contributed by atoms with Gasteiger partial charge in [-0.25, -0.2) is 0 Å². The Bertz CT molecular complexity index is 851. The van der Waals surface area contributed by atoms with Gasteiger partial charge in [0.25, 0.3) is 0 Å². The van der Waals surface area contributed by atoms with Gasteiger partial charge in [0.05, 0.1) is 37.9 Å². The maximum atomic E-state index is 13.2. The predicted molar refractivity (Wildman–Crippen MR) is 84.1 cm³/mol. The van der Waals surface area contributed by atoms with Gasteiger partial charge in [-0.1, -0.05) is 0 Å². The average molecular weight is 344 g/mol. The van der Waals surface area contributed by atoms with Gasteiger partial charge in [0.1, 0.15) is 6.10 Å². The number of ether oxygens (including phenoxy) is 4. The SMILES string of the molecule is COc1ccc2c(c1OC)C(=O)C1=C(C2=O)[C@@H]2OC(=O)C[C@@H]2O[C@H]1C. The van der Waals surface area contributed by atoms with E-state index >= 15 is 0 Å². The molecule has 1 aromatic rings. The van der Waals surface area contributed by atoms with Crippen LogP contribution in [-0.2, 0) is 14.3 Å². The molecule has 0 spiro atoms. The molecule has 2 heterocycles. The van der Waals surface area contributed by atoms with Crippen molar-refractivity contribution in [3.8, 4) is 11.5 Å². The highest BCUT2D eigenvalue weighted by molar-refractivity contribution is 6.29. The number of carbonyl (C=O) groups excluding carboxylic acids is 3. The van der Waals surface area contributed by atoms with Crippen molar-refractivity contribution in [2.75, 3.05) is 14.2 Å². The van der Waals surface area contributed by atoms with Crippen molar-refractivity contribution < 1.29 is 33.3 Å². The van der Waals surface area contributed by atoms with Gasteiger partial charge >= 0.3 is 5.97 Å². The van der Waals surface area contributed by atoms with E-state index < -0.39 is 24.3 Å². The summed E-state index contributed by atoms with van der Waals surface area (Å²) < 4.78 is 21.6. The summed E-state index contributed by atoms with van der Waals surface area (Å²) >= 11 is 0. The van der Waals surface area contributed by atoms with Crippen LogP contribution in [0.15, 0.2) is 23.3 Å². The highest BCUT2D eigenvalue weighted by Gasteiger charge is 2.51. The van der Waals surface area contributed by atoms with E-state index in [0.29, 0.717) is 5.75 Å². The summed E-state index contributed by atoms with van der Waals surface area (Å²) in [5.74, 6) is -0.572. The molecule has 25 heavy (non-hydrogen) atoms. The van der Waals surface area contributed by atoms with Crippen LogP contribution in [0.4, 0.5) is 0 Å². The molecule has 0 saturated carbocycles. The molecule has 130 valence electrons. The molecule has 1 fully saturated rings. The summed E-state index contributed by atoms with van der Waals surface area (Å²) in [4.78, 5) is 37.9. The first kappa shape index (κ1) is 15.8. The molecule has 1 aliphatic carbocycles. The number of methoxy groups -OCH3 is 2. The number of ketones is 2. The molecule has 7 heteroatoms. The third-order valence-corrected chi connectivity index (χ3v) is 4.83. The second-order valence-corrected chi connectivity index (χ2v) is 6.14. The van der Waals surface area contributed by atoms with Gasteiger partial charge in [-0.05, 0) is 19.1 Å². The van der Waals surface area contributed by atoms with Crippen LogP contribution in [0.25, 0.3) is 0 Å². The molecular weight excluding hydrogens is 328 g/mol. The highest BCUT2D eigenvalue weighted by Crippen LogP contribution is 2.44. The fourth-order valence-electron chi connectivity index (χ4n) is 3.78. The van der Waals surface area contributed by atoms with Gasteiger partial charge in [-0.3, -0.25) is 14.4 Å². The minimum Gasteiger partial charge on any atom is -0.493 e.